The van der Waals surface area contributed by atoms with Crippen LogP contribution >= 0.6 is 0 Å². The first-order valence-electron chi connectivity index (χ1n) is 10.3. The van der Waals surface area contributed by atoms with Crippen molar-refractivity contribution in [1.82, 2.24) is 0 Å². The molecule has 0 heterocycles. The standard InChI is InChI=1S/C21H46Ge2O/c1-15(2)21(16(3)4,24-23(19(9)10)20(11)12)13-14-22(17(5)6)18(7)8/h15-20H,13-14H2,1-12H3. The Morgan fingerprint density at radius 1 is 0.625 bits per heavy atom. The molecule has 0 atom stereocenters. The average Bonchev–Trinajstić information content (AvgIpc) is 2.39. The molecular formula is C21H46Ge2O. The summed E-state index contributed by atoms with van der Waals surface area (Å²) in [5.41, 5.74) is 0.103. The fourth-order valence-electron chi connectivity index (χ4n) is 4.24. The molecule has 0 unspecified atom stereocenters. The Morgan fingerprint density at radius 3 is 1.25 bits per heavy atom. The van der Waals surface area contributed by atoms with Gasteiger partial charge in [-0.15, -0.1) is 0 Å². The van der Waals surface area contributed by atoms with E-state index in [1.165, 1.54) is 11.7 Å². The molecule has 0 saturated carbocycles. The van der Waals surface area contributed by atoms with E-state index in [9.17, 15) is 0 Å². The molecule has 0 aliphatic heterocycles. The van der Waals surface area contributed by atoms with Gasteiger partial charge in [-0.2, -0.15) is 0 Å². The van der Waals surface area contributed by atoms with Crippen LogP contribution in [0.5, 0.6) is 0 Å². The normalized spacial score (nSPS) is 14.0. The van der Waals surface area contributed by atoms with Crippen molar-refractivity contribution in [2.24, 2.45) is 11.8 Å². The molecule has 0 aliphatic carbocycles. The molecule has 0 rings (SSSR count). The zero-order valence-corrected chi connectivity index (χ0v) is 23.0. The zero-order chi connectivity index (χ0) is 19.2. The predicted molar refractivity (Wildman–Crippen MR) is 115 cm³/mol. The minimum atomic E-state index is -1.53. The van der Waals surface area contributed by atoms with Crippen LogP contribution in [0.4, 0.5) is 0 Å². The number of hydrogen-bond donors (Lipinski definition) is 0. The van der Waals surface area contributed by atoms with Gasteiger partial charge in [0.05, 0.1) is 0 Å². The second-order valence-corrected chi connectivity index (χ2v) is 24.7. The summed E-state index contributed by atoms with van der Waals surface area (Å²) in [7, 11) is 0. The topological polar surface area (TPSA) is 9.23 Å². The summed E-state index contributed by atoms with van der Waals surface area (Å²) in [5.74, 6) is 1.22. The van der Waals surface area contributed by atoms with Gasteiger partial charge in [-0.3, -0.25) is 0 Å². The van der Waals surface area contributed by atoms with Gasteiger partial charge in [-0.1, -0.05) is 0 Å². The van der Waals surface area contributed by atoms with E-state index < -0.39 is 29.0 Å². The van der Waals surface area contributed by atoms with Crippen LogP contribution in [0.2, 0.25) is 24.3 Å². The van der Waals surface area contributed by atoms with E-state index in [-0.39, 0.29) is 5.60 Å². The molecule has 0 aromatic heterocycles. The molecule has 0 saturated heterocycles. The molecule has 0 aromatic carbocycles. The van der Waals surface area contributed by atoms with Gasteiger partial charge in [0.15, 0.2) is 0 Å². The number of rotatable bonds is 11. The minimum absolute atomic E-state index is 0.103. The van der Waals surface area contributed by atoms with E-state index in [2.05, 4.69) is 83.1 Å². The molecule has 2 radical (unpaired) electrons. The summed E-state index contributed by atoms with van der Waals surface area (Å²) in [6, 6.07) is 0. The molecular weight excluding hydrogens is 413 g/mol. The van der Waals surface area contributed by atoms with Crippen LogP contribution in [0, 0.1) is 11.8 Å². The van der Waals surface area contributed by atoms with Gasteiger partial charge in [-0.25, -0.2) is 0 Å². The molecule has 24 heavy (non-hydrogen) atoms. The summed E-state index contributed by atoms with van der Waals surface area (Å²) in [6.45, 7) is 29.0. The van der Waals surface area contributed by atoms with Gasteiger partial charge in [0.25, 0.3) is 0 Å². The number of hydrogen-bond acceptors (Lipinski definition) is 1. The Kier molecular flexibility index (Phi) is 11.5. The molecule has 0 aromatic rings. The molecule has 3 heteroatoms. The summed E-state index contributed by atoms with van der Waals surface area (Å²) in [6.07, 6.45) is 1.30. The van der Waals surface area contributed by atoms with E-state index in [0.717, 1.165) is 19.0 Å². The third-order valence-corrected chi connectivity index (χ3v) is 19.7. The van der Waals surface area contributed by atoms with Crippen LogP contribution < -0.4 is 0 Å². The molecule has 0 N–H and O–H groups in total. The van der Waals surface area contributed by atoms with Crippen molar-refractivity contribution in [3.8, 4) is 0 Å². The fraction of sp³-hybridized carbons (Fsp3) is 1.00. The first kappa shape index (κ1) is 25.0. The van der Waals surface area contributed by atoms with Crippen LogP contribution in [0.15, 0.2) is 0 Å². The van der Waals surface area contributed by atoms with E-state index >= 15 is 0 Å². The van der Waals surface area contributed by atoms with Gasteiger partial charge >= 0.3 is 164 Å². The van der Waals surface area contributed by atoms with Gasteiger partial charge < -0.3 is 0 Å². The van der Waals surface area contributed by atoms with Crippen LogP contribution in [-0.4, -0.2) is 34.6 Å². The first-order valence-corrected chi connectivity index (χ1v) is 17.5. The van der Waals surface area contributed by atoms with Crippen molar-refractivity contribution in [2.45, 2.75) is 119 Å². The van der Waals surface area contributed by atoms with Gasteiger partial charge in [-0.05, 0) is 0 Å². The van der Waals surface area contributed by atoms with Crippen molar-refractivity contribution in [3.05, 3.63) is 0 Å². The second kappa shape index (κ2) is 11.0. The van der Waals surface area contributed by atoms with Gasteiger partial charge in [0.1, 0.15) is 0 Å². The Morgan fingerprint density at radius 2 is 1.00 bits per heavy atom. The molecule has 1 nitrogen and oxygen atoms in total. The zero-order valence-electron chi connectivity index (χ0n) is 18.8. The quantitative estimate of drug-likeness (QED) is 0.289. The van der Waals surface area contributed by atoms with E-state index in [0.29, 0.717) is 11.8 Å². The molecule has 144 valence electrons. The molecule has 0 amide bonds. The van der Waals surface area contributed by atoms with Crippen molar-refractivity contribution in [1.29, 1.82) is 0 Å². The first-order chi connectivity index (χ1) is 10.9. The second-order valence-electron chi connectivity index (χ2n) is 9.46. The van der Waals surface area contributed by atoms with Crippen molar-refractivity contribution < 1.29 is 3.76 Å². The predicted octanol–water partition coefficient (Wildman–Crippen LogP) is 7.57. The monoisotopic (exact) mass is 462 g/mol. The molecule has 0 aliphatic rings. The SMILES string of the molecule is C[CH](C)[Ge]([CH2]CC([O][Ge]([CH](C)C)[CH](C)C)(C(C)C)C(C)C)[CH](C)C. The van der Waals surface area contributed by atoms with Crippen LogP contribution in [0.25, 0.3) is 0 Å². The Balaban J connectivity index is 5.50. The van der Waals surface area contributed by atoms with Crippen molar-refractivity contribution in [2.75, 3.05) is 0 Å². The van der Waals surface area contributed by atoms with Gasteiger partial charge in [0, 0.05) is 0 Å². The van der Waals surface area contributed by atoms with Crippen molar-refractivity contribution in [3.63, 3.8) is 0 Å². The summed E-state index contributed by atoms with van der Waals surface area (Å²) in [4.78, 5) is 0. The average molecular weight is 460 g/mol. The van der Waals surface area contributed by atoms with Gasteiger partial charge in [0.2, 0.25) is 0 Å². The van der Waals surface area contributed by atoms with E-state index in [1.54, 1.807) is 0 Å². The molecule has 0 fully saturated rings. The maximum atomic E-state index is 7.19. The summed E-state index contributed by atoms with van der Waals surface area (Å²) >= 11 is -2.55. The Bertz CT molecular complexity index is 311. The Labute approximate surface area is 163 Å². The van der Waals surface area contributed by atoms with E-state index in [4.69, 9.17) is 3.76 Å². The fourth-order valence-corrected chi connectivity index (χ4v) is 16.8. The summed E-state index contributed by atoms with van der Waals surface area (Å²) < 4.78 is 10.5. The third kappa shape index (κ3) is 6.98. The van der Waals surface area contributed by atoms with Crippen LogP contribution in [0.1, 0.15) is 89.5 Å². The van der Waals surface area contributed by atoms with Crippen LogP contribution in [0.3, 0.4) is 0 Å². The third-order valence-electron chi connectivity index (χ3n) is 5.69. The van der Waals surface area contributed by atoms with E-state index in [1.807, 2.05) is 0 Å². The molecule has 0 bridgehead atoms. The van der Waals surface area contributed by atoms with Crippen molar-refractivity contribution >= 4 is 29.0 Å². The Hall–Kier alpha value is 1.05. The van der Waals surface area contributed by atoms with Crippen LogP contribution in [-0.2, 0) is 3.76 Å². The molecule has 0 spiro atoms. The summed E-state index contributed by atoms with van der Waals surface area (Å²) in [5, 5.41) is 1.47. The maximum absolute atomic E-state index is 7.19.